The number of hydrogen-bond acceptors (Lipinski definition) is 2. The van der Waals surface area contributed by atoms with Crippen LogP contribution in [0.15, 0.2) is 42.5 Å². The molecule has 0 aromatic heterocycles. The lowest BCUT2D eigenvalue weighted by molar-refractivity contribution is 0.0978. The van der Waals surface area contributed by atoms with Crippen LogP contribution in [0, 0.1) is 3.57 Å². The highest BCUT2D eigenvalue weighted by molar-refractivity contribution is 14.1. The maximum absolute atomic E-state index is 12.3. The maximum Gasteiger partial charge on any atom is 0.258 e. The van der Waals surface area contributed by atoms with Crippen molar-refractivity contribution in [3.05, 3.63) is 62.2 Å². The average molecular weight is 473 g/mol. The smallest absolute Gasteiger partial charge is 0.258 e. The van der Waals surface area contributed by atoms with Crippen molar-refractivity contribution < 1.29 is 4.79 Å². The van der Waals surface area contributed by atoms with Crippen LogP contribution in [0.25, 0.3) is 0 Å². The molecule has 0 spiro atoms. The van der Waals surface area contributed by atoms with Crippen molar-refractivity contribution in [3.8, 4) is 0 Å². The highest BCUT2D eigenvalue weighted by atomic mass is 127. The van der Waals surface area contributed by atoms with Crippen LogP contribution in [0.1, 0.15) is 35.7 Å². The minimum absolute atomic E-state index is 0.247. The van der Waals surface area contributed by atoms with E-state index >= 15 is 0 Å². The summed E-state index contributed by atoms with van der Waals surface area (Å²) in [5.41, 5.74) is 2.54. The van der Waals surface area contributed by atoms with Gasteiger partial charge in [0.1, 0.15) is 0 Å². The summed E-state index contributed by atoms with van der Waals surface area (Å²) in [6.07, 6.45) is 3.43. The van der Waals surface area contributed by atoms with Gasteiger partial charge in [-0.05, 0) is 83.5 Å². The monoisotopic (exact) mass is 472 g/mol. The number of carbonyl (C=O) groups is 1. The Morgan fingerprint density at radius 2 is 1.92 bits per heavy atom. The number of rotatable bonds is 5. The molecule has 0 heterocycles. The minimum Gasteiger partial charge on any atom is -0.332 e. The van der Waals surface area contributed by atoms with Gasteiger partial charge in [-0.3, -0.25) is 10.1 Å². The fourth-order valence-electron chi connectivity index (χ4n) is 2.14. The van der Waals surface area contributed by atoms with Gasteiger partial charge in [-0.25, -0.2) is 0 Å². The molecule has 1 amide bonds. The van der Waals surface area contributed by atoms with E-state index in [2.05, 4.69) is 52.3 Å². The molecule has 2 rings (SSSR count). The zero-order valence-corrected chi connectivity index (χ0v) is 17.0. The standard InChI is InChI=1S/C18H18ClIN2OS/c1-2-3-4-12-5-8-14(9-6-12)21-18(24)22-17(23)15-11-13(20)7-10-16(15)19/h5-11H,2-4H2,1H3,(H2,21,22,23,24). The molecule has 0 fully saturated rings. The number of anilines is 1. The van der Waals surface area contributed by atoms with E-state index in [1.807, 2.05) is 18.2 Å². The summed E-state index contributed by atoms with van der Waals surface area (Å²) >= 11 is 13.4. The number of nitrogens with one attached hydrogen (secondary N) is 2. The molecular formula is C18H18ClIN2OS. The summed E-state index contributed by atoms with van der Waals surface area (Å²) in [4.78, 5) is 12.3. The maximum atomic E-state index is 12.3. The van der Waals surface area contributed by atoms with Crippen LogP contribution < -0.4 is 10.6 Å². The van der Waals surface area contributed by atoms with E-state index in [1.54, 1.807) is 12.1 Å². The van der Waals surface area contributed by atoms with Crippen LogP contribution in [0.5, 0.6) is 0 Å². The van der Waals surface area contributed by atoms with Gasteiger partial charge in [0, 0.05) is 9.26 Å². The van der Waals surface area contributed by atoms with E-state index in [0.717, 1.165) is 15.7 Å². The van der Waals surface area contributed by atoms with Crippen molar-refractivity contribution in [1.82, 2.24) is 5.32 Å². The van der Waals surface area contributed by atoms with E-state index in [9.17, 15) is 4.79 Å². The van der Waals surface area contributed by atoms with Crippen LogP contribution in [0.4, 0.5) is 5.69 Å². The largest absolute Gasteiger partial charge is 0.332 e. The lowest BCUT2D eigenvalue weighted by Gasteiger charge is -2.11. The van der Waals surface area contributed by atoms with Crippen molar-refractivity contribution >= 4 is 63.1 Å². The van der Waals surface area contributed by atoms with E-state index in [1.165, 1.54) is 18.4 Å². The van der Waals surface area contributed by atoms with E-state index < -0.39 is 0 Å². The van der Waals surface area contributed by atoms with Crippen LogP contribution in [-0.2, 0) is 6.42 Å². The average Bonchev–Trinajstić information content (AvgIpc) is 2.56. The van der Waals surface area contributed by atoms with Gasteiger partial charge >= 0.3 is 0 Å². The van der Waals surface area contributed by atoms with Gasteiger partial charge in [-0.15, -0.1) is 0 Å². The molecule has 2 N–H and O–H groups in total. The van der Waals surface area contributed by atoms with Gasteiger partial charge in [0.05, 0.1) is 10.6 Å². The highest BCUT2D eigenvalue weighted by Gasteiger charge is 2.12. The Hall–Kier alpha value is -1.18. The Bertz CT molecular complexity index is 734. The molecule has 0 atom stereocenters. The van der Waals surface area contributed by atoms with Crippen LogP contribution >= 0.6 is 46.4 Å². The predicted molar refractivity (Wildman–Crippen MR) is 113 cm³/mol. The van der Waals surface area contributed by atoms with Crippen molar-refractivity contribution in [2.45, 2.75) is 26.2 Å². The molecule has 24 heavy (non-hydrogen) atoms. The number of unbranched alkanes of at least 4 members (excludes halogenated alkanes) is 1. The predicted octanol–water partition coefficient (Wildman–Crippen LogP) is 5.41. The second-order valence-corrected chi connectivity index (χ2v) is 7.39. The van der Waals surface area contributed by atoms with Crippen LogP contribution in [-0.4, -0.2) is 11.0 Å². The molecule has 126 valence electrons. The number of amides is 1. The summed E-state index contributed by atoms with van der Waals surface area (Å²) < 4.78 is 0.934. The van der Waals surface area contributed by atoms with Gasteiger partial charge in [0.15, 0.2) is 5.11 Å². The summed E-state index contributed by atoms with van der Waals surface area (Å²) in [5.74, 6) is -0.324. The summed E-state index contributed by atoms with van der Waals surface area (Å²) in [6, 6.07) is 13.3. The summed E-state index contributed by atoms with van der Waals surface area (Å²) in [7, 11) is 0. The molecule has 0 unspecified atom stereocenters. The molecule has 0 aliphatic rings. The molecule has 6 heteroatoms. The van der Waals surface area contributed by atoms with Gasteiger partial charge in [-0.2, -0.15) is 0 Å². The highest BCUT2D eigenvalue weighted by Crippen LogP contribution is 2.19. The van der Waals surface area contributed by atoms with E-state index in [0.29, 0.717) is 10.6 Å². The third-order valence-corrected chi connectivity index (χ3v) is 4.64. The molecular weight excluding hydrogens is 455 g/mol. The van der Waals surface area contributed by atoms with Gasteiger partial charge in [0.2, 0.25) is 0 Å². The molecule has 0 saturated carbocycles. The Labute approximate surface area is 166 Å². The van der Waals surface area contributed by atoms with Crippen LogP contribution in [0.2, 0.25) is 5.02 Å². The Morgan fingerprint density at radius 3 is 2.58 bits per heavy atom. The molecule has 0 saturated heterocycles. The van der Waals surface area contributed by atoms with Gasteiger partial charge in [0.25, 0.3) is 5.91 Å². The molecule has 0 radical (unpaired) electrons. The van der Waals surface area contributed by atoms with E-state index in [4.69, 9.17) is 23.8 Å². The SMILES string of the molecule is CCCCc1ccc(NC(=S)NC(=O)c2cc(I)ccc2Cl)cc1. The Balaban J connectivity index is 1.95. The Kier molecular flexibility index (Phi) is 7.45. The fraction of sp³-hybridized carbons (Fsp3) is 0.222. The molecule has 2 aromatic rings. The lowest BCUT2D eigenvalue weighted by Crippen LogP contribution is -2.34. The summed E-state index contributed by atoms with van der Waals surface area (Å²) in [6.45, 7) is 2.18. The van der Waals surface area contributed by atoms with Crippen molar-refractivity contribution in [2.75, 3.05) is 5.32 Å². The first-order chi connectivity index (χ1) is 11.5. The second-order valence-electron chi connectivity index (χ2n) is 5.33. The number of benzene rings is 2. The van der Waals surface area contributed by atoms with E-state index in [-0.39, 0.29) is 11.0 Å². The summed E-state index contributed by atoms with van der Waals surface area (Å²) in [5, 5.41) is 6.32. The van der Waals surface area contributed by atoms with Crippen LogP contribution in [0.3, 0.4) is 0 Å². The lowest BCUT2D eigenvalue weighted by atomic mass is 10.1. The first-order valence-corrected chi connectivity index (χ1v) is 9.52. The van der Waals surface area contributed by atoms with Crippen molar-refractivity contribution in [1.29, 1.82) is 0 Å². The normalized spacial score (nSPS) is 10.3. The molecule has 3 nitrogen and oxygen atoms in total. The molecule has 0 bridgehead atoms. The fourth-order valence-corrected chi connectivity index (χ4v) is 3.05. The minimum atomic E-state index is -0.324. The Morgan fingerprint density at radius 1 is 1.21 bits per heavy atom. The van der Waals surface area contributed by atoms with Gasteiger partial charge < -0.3 is 5.32 Å². The van der Waals surface area contributed by atoms with Gasteiger partial charge in [-0.1, -0.05) is 37.1 Å². The molecule has 2 aromatic carbocycles. The first-order valence-electron chi connectivity index (χ1n) is 7.66. The number of hydrogen-bond donors (Lipinski definition) is 2. The number of carbonyl (C=O) groups excluding carboxylic acids is 1. The zero-order chi connectivity index (χ0) is 17.5. The second kappa shape index (κ2) is 9.34. The number of thiocarbonyl (C=S) groups is 1. The van der Waals surface area contributed by atoms with Crippen molar-refractivity contribution in [3.63, 3.8) is 0 Å². The molecule has 0 aliphatic heterocycles. The number of halogens is 2. The number of aryl methyl sites for hydroxylation is 1. The third kappa shape index (κ3) is 5.72. The molecule has 0 aliphatic carbocycles. The zero-order valence-electron chi connectivity index (χ0n) is 13.2. The third-order valence-electron chi connectivity index (χ3n) is 3.43. The topological polar surface area (TPSA) is 41.1 Å². The van der Waals surface area contributed by atoms with Crippen molar-refractivity contribution in [2.24, 2.45) is 0 Å². The quantitative estimate of drug-likeness (QED) is 0.451. The first kappa shape index (κ1) is 19.1.